The molecule has 0 amide bonds. The number of nitro benzene ring substituents is 2. The molecule has 8 heteroatoms. The second-order valence-electron chi connectivity index (χ2n) is 5.48. The molecule has 0 aliphatic heterocycles. The average Bonchev–Trinajstić information content (AvgIpc) is 2.60. The molecule has 0 spiro atoms. The zero-order valence-corrected chi connectivity index (χ0v) is 13.7. The van der Waals surface area contributed by atoms with Crippen LogP contribution in [-0.2, 0) is 22.7 Å². The minimum atomic E-state index is -0.446. The van der Waals surface area contributed by atoms with E-state index in [0.29, 0.717) is 19.8 Å². The largest absolute Gasteiger partial charge is 0.374 e. The number of ether oxygens (including phenoxy) is 2. The van der Waals surface area contributed by atoms with Crippen molar-refractivity contribution in [2.45, 2.75) is 26.2 Å². The fourth-order valence-electron chi connectivity index (χ4n) is 2.06. The number of nitrogens with zero attached hydrogens (tertiary/aromatic N) is 2. The van der Waals surface area contributed by atoms with Crippen molar-refractivity contribution in [1.29, 1.82) is 0 Å². The standard InChI is InChI=1S/C17H18N2O6/c1-13(25-12-15-4-8-17(9-5-15)19(22)23)10-24-11-14-2-6-16(7-3-14)18(20)21/h2-9,13H,10-12H2,1H3. The molecular formula is C17H18N2O6. The number of hydrogen-bond acceptors (Lipinski definition) is 6. The van der Waals surface area contributed by atoms with Gasteiger partial charge < -0.3 is 9.47 Å². The van der Waals surface area contributed by atoms with Crippen LogP contribution in [0.3, 0.4) is 0 Å². The van der Waals surface area contributed by atoms with Gasteiger partial charge in [0.1, 0.15) is 0 Å². The predicted molar refractivity (Wildman–Crippen MR) is 90.1 cm³/mol. The number of hydrogen-bond donors (Lipinski definition) is 0. The van der Waals surface area contributed by atoms with Gasteiger partial charge in [-0.3, -0.25) is 20.2 Å². The van der Waals surface area contributed by atoms with Gasteiger partial charge in [-0.2, -0.15) is 0 Å². The summed E-state index contributed by atoms with van der Waals surface area (Å²) in [7, 11) is 0. The Morgan fingerprint density at radius 3 is 1.72 bits per heavy atom. The fraction of sp³-hybridized carbons (Fsp3) is 0.294. The highest BCUT2D eigenvalue weighted by molar-refractivity contribution is 5.33. The molecule has 1 unspecified atom stereocenters. The molecule has 0 saturated carbocycles. The van der Waals surface area contributed by atoms with Crippen molar-refractivity contribution in [1.82, 2.24) is 0 Å². The molecule has 0 heterocycles. The lowest BCUT2D eigenvalue weighted by Crippen LogP contribution is -2.15. The predicted octanol–water partition coefficient (Wildman–Crippen LogP) is 3.62. The summed E-state index contributed by atoms with van der Waals surface area (Å²) in [6, 6.07) is 12.4. The first-order valence-corrected chi connectivity index (χ1v) is 7.61. The molecule has 2 aromatic rings. The number of nitro groups is 2. The van der Waals surface area contributed by atoms with Crippen molar-refractivity contribution in [3.8, 4) is 0 Å². The van der Waals surface area contributed by atoms with Crippen molar-refractivity contribution in [2.24, 2.45) is 0 Å². The van der Waals surface area contributed by atoms with E-state index in [1.165, 1.54) is 24.3 Å². The van der Waals surface area contributed by atoms with Crippen molar-refractivity contribution >= 4 is 11.4 Å². The Hall–Kier alpha value is -2.84. The van der Waals surface area contributed by atoms with Gasteiger partial charge in [0.05, 0.1) is 35.8 Å². The topological polar surface area (TPSA) is 105 Å². The molecule has 8 nitrogen and oxygen atoms in total. The van der Waals surface area contributed by atoms with E-state index in [9.17, 15) is 20.2 Å². The van der Waals surface area contributed by atoms with Crippen molar-refractivity contribution in [3.63, 3.8) is 0 Å². The molecule has 25 heavy (non-hydrogen) atoms. The van der Waals surface area contributed by atoms with Crippen LogP contribution in [0.25, 0.3) is 0 Å². The van der Waals surface area contributed by atoms with Crippen LogP contribution in [0.4, 0.5) is 11.4 Å². The van der Waals surface area contributed by atoms with Crippen LogP contribution in [0, 0.1) is 20.2 Å². The summed E-state index contributed by atoms with van der Waals surface area (Å²) in [6.45, 7) is 2.90. The van der Waals surface area contributed by atoms with E-state index >= 15 is 0 Å². The van der Waals surface area contributed by atoms with Crippen LogP contribution in [0.15, 0.2) is 48.5 Å². The summed E-state index contributed by atoms with van der Waals surface area (Å²) in [5.74, 6) is 0. The van der Waals surface area contributed by atoms with E-state index in [0.717, 1.165) is 11.1 Å². The van der Waals surface area contributed by atoms with Crippen molar-refractivity contribution in [2.75, 3.05) is 6.61 Å². The van der Waals surface area contributed by atoms with Gasteiger partial charge in [0.15, 0.2) is 0 Å². The van der Waals surface area contributed by atoms with Gasteiger partial charge >= 0.3 is 0 Å². The monoisotopic (exact) mass is 346 g/mol. The molecule has 0 radical (unpaired) electrons. The minimum absolute atomic E-state index is 0.0447. The Morgan fingerprint density at radius 2 is 1.28 bits per heavy atom. The van der Waals surface area contributed by atoms with Gasteiger partial charge in [-0.15, -0.1) is 0 Å². The quantitative estimate of drug-likeness (QED) is 0.507. The summed E-state index contributed by atoms with van der Waals surface area (Å²) < 4.78 is 11.2. The number of non-ortho nitro benzene ring substituents is 2. The lowest BCUT2D eigenvalue weighted by atomic mass is 10.2. The second kappa shape index (κ2) is 8.86. The first kappa shape index (κ1) is 18.5. The average molecular weight is 346 g/mol. The maximum absolute atomic E-state index is 10.6. The molecule has 2 aromatic carbocycles. The Kier molecular flexibility index (Phi) is 6.55. The summed E-state index contributed by atoms with van der Waals surface area (Å²) in [5.41, 5.74) is 1.77. The molecule has 2 rings (SSSR count). The SMILES string of the molecule is CC(COCc1ccc([N+](=O)[O-])cc1)OCc1ccc([N+](=O)[O-])cc1. The van der Waals surface area contributed by atoms with Crippen molar-refractivity contribution < 1.29 is 19.3 Å². The molecule has 132 valence electrons. The van der Waals surface area contributed by atoms with Gasteiger partial charge in [0.2, 0.25) is 0 Å². The van der Waals surface area contributed by atoms with E-state index in [1.54, 1.807) is 24.3 Å². The summed E-state index contributed by atoms with van der Waals surface area (Å²) >= 11 is 0. The Morgan fingerprint density at radius 1 is 0.840 bits per heavy atom. The summed E-state index contributed by atoms with van der Waals surface area (Å²) in [5, 5.41) is 21.2. The van der Waals surface area contributed by atoms with E-state index in [4.69, 9.17) is 9.47 Å². The maximum atomic E-state index is 10.6. The lowest BCUT2D eigenvalue weighted by Gasteiger charge is -2.13. The summed E-state index contributed by atoms with van der Waals surface area (Å²) in [6.07, 6.45) is -0.159. The van der Waals surface area contributed by atoms with Crippen LogP contribution in [-0.4, -0.2) is 22.6 Å². The third-order valence-electron chi connectivity index (χ3n) is 3.45. The van der Waals surface area contributed by atoms with Gasteiger partial charge in [-0.1, -0.05) is 0 Å². The Bertz CT molecular complexity index is 715. The normalized spacial score (nSPS) is 11.9. The molecule has 0 aliphatic rings. The second-order valence-corrected chi connectivity index (χ2v) is 5.48. The van der Waals surface area contributed by atoms with Crippen LogP contribution < -0.4 is 0 Å². The van der Waals surface area contributed by atoms with Crippen LogP contribution in [0.5, 0.6) is 0 Å². The smallest absolute Gasteiger partial charge is 0.269 e. The summed E-state index contributed by atoms with van der Waals surface area (Å²) in [4.78, 5) is 20.3. The van der Waals surface area contributed by atoms with Crippen LogP contribution >= 0.6 is 0 Å². The van der Waals surface area contributed by atoms with Crippen LogP contribution in [0.1, 0.15) is 18.1 Å². The molecule has 0 aliphatic carbocycles. The maximum Gasteiger partial charge on any atom is 0.269 e. The molecule has 1 atom stereocenters. The van der Waals surface area contributed by atoms with Gasteiger partial charge in [-0.25, -0.2) is 0 Å². The zero-order chi connectivity index (χ0) is 18.2. The fourth-order valence-corrected chi connectivity index (χ4v) is 2.06. The number of benzene rings is 2. The number of rotatable bonds is 9. The first-order valence-electron chi connectivity index (χ1n) is 7.61. The Labute approximate surface area is 144 Å². The third-order valence-corrected chi connectivity index (χ3v) is 3.45. The van der Waals surface area contributed by atoms with Crippen LogP contribution in [0.2, 0.25) is 0 Å². The third kappa shape index (κ3) is 5.94. The highest BCUT2D eigenvalue weighted by atomic mass is 16.6. The van der Waals surface area contributed by atoms with E-state index in [2.05, 4.69) is 0 Å². The van der Waals surface area contributed by atoms with Gasteiger partial charge in [0.25, 0.3) is 11.4 Å². The van der Waals surface area contributed by atoms with Crippen molar-refractivity contribution in [3.05, 3.63) is 79.9 Å². The molecule has 0 aromatic heterocycles. The van der Waals surface area contributed by atoms with Gasteiger partial charge in [-0.05, 0) is 42.3 Å². The molecular weight excluding hydrogens is 328 g/mol. The van der Waals surface area contributed by atoms with Gasteiger partial charge in [0, 0.05) is 24.3 Å². The molecule has 0 saturated heterocycles. The Balaban J connectivity index is 1.70. The molecule has 0 N–H and O–H groups in total. The van der Waals surface area contributed by atoms with E-state index in [1.807, 2.05) is 6.92 Å². The first-order chi connectivity index (χ1) is 12.0. The van der Waals surface area contributed by atoms with E-state index in [-0.39, 0.29) is 17.5 Å². The minimum Gasteiger partial charge on any atom is -0.374 e. The molecule has 0 bridgehead atoms. The zero-order valence-electron chi connectivity index (χ0n) is 13.7. The molecule has 0 fully saturated rings. The highest BCUT2D eigenvalue weighted by Crippen LogP contribution is 2.14. The van der Waals surface area contributed by atoms with E-state index < -0.39 is 9.85 Å². The lowest BCUT2D eigenvalue weighted by molar-refractivity contribution is -0.385. The highest BCUT2D eigenvalue weighted by Gasteiger charge is 2.07.